The second-order valence-electron chi connectivity index (χ2n) is 5.09. The third-order valence-corrected chi connectivity index (χ3v) is 4.61. The van der Waals surface area contributed by atoms with Crippen molar-refractivity contribution in [3.8, 4) is 0 Å². The molecule has 2 N–H and O–H groups in total. The lowest BCUT2D eigenvalue weighted by molar-refractivity contribution is 0.302. The van der Waals surface area contributed by atoms with Crippen molar-refractivity contribution in [3.05, 3.63) is 23.5 Å². The lowest BCUT2D eigenvalue weighted by Crippen LogP contribution is -2.33. The first-order valence-electron chi connectivity index (χ1n) is 6.49. The summed E-state index contributed by atoms with van der Waals surface area (Å²) in [6.07, 6.45) is 11.8. The molecule has 1 atom stereocenters. The van der Waals surface area contributed by atoms with Gasteiger partial charge >= 0.3 is 0 Å². The smallest absolute Gasteiger partial charge is 0.193 e. The number of fused-ring (bicyclic) bond motifs is 1. The van der Waals surface area contributed by atoms with Gasteiger partial charge in [0.25, 0.3) is 0 Å². The average molecular weight is 249 g/mol. The largest absolute Gasteiger partial charge is 0.327 e. The first-order valence-corrected chi connectivity index (χ1v) is 7.37. The highest BCUT2D eigenvalue weighted by Gasteiger charge is 2.21. The Bertz CT molecular complexity index is 453. The van der Waals surface area contributed by atoms with Gasteiger partial charge in [-0.15, -0.1) is 11.3 Å². The molecule has 0 radical (unpaired) electrons. The van der Waals surface area contributed by atoms with Gasteiger partial charge < -0.3 is 5.73 Å². The highest BCUT2D eigenvalue weighted by molar-refractivity contribution is 7.15. The molecule has 0 bridgehead atoms. The second-order valence-corrected chi connectivity index (χ2v) is 5.96. The SMILES string of the molecule is NC(Cc1cn2ccsc2n1)C1CCCCC1. The fourth-order valence-corrected chi connectivity index (χ4v) is 3.56. The van der Waals surface area contributed by atoms with Crippen LogP contribution in [-0.4, -0.2) is 15.4 Å². The molecule has 2 aromatic heterocycles. The third kappa shape index (κ3) is 2.38. The summed E-state index contributed by atoms with van der Waals surface area (Å²) in [4.78, 5) is 5.69. The van der Waals surface area contributed by atoms with Crippen molar-refractivity contribution < 1.29 is 0 Å². The van der Waals surface area contributed by atoms with Crippen molar-refractivity contribution in [2.75, 3.05) is 0 Å². The molecule has 92 valence electrons. The van der Waals surface area contributed by atoms with Gasteiger partial charge in [0.2, 0.25) is 0 Å². The van der Waals surface area contributed by atoms with Crippen LogP contribution < -0.4 is 5.73 Å². The summed E-state index contributed by atoms with van der Waals surface area (Å²) in [5, 5.41) is 2.06. The van der Waals surface area contributed by atoms with E-state index in [1.807, 2.05) is 0 Å². The summed E-state index contributed by atoms with van der Waals surface area (Å²) in [6.45, 7) is 0. The Labute approximate surface area is 106 Å². The molecule has 0 aromatic carbocycles. The van der Waals surface area contributed by atoms with E-state index in [1.54, 1.807) is 11.3 Å². The lowest BCUT2D eigenvalue weighted by atomic mass is 9.83. The first kappa shape index (κ1) is 11.2. The minimum absolute atomic E-state index is 0.292. The number of thiazole rings is 1. The van der Waals surface area contributed by atoms with Gasteiger partial charge in [0.15, 0.2) is 4.96 Å². The normalized spacial score (nSPS) is 19.8. The molecule has 4 heteroatoms. The Morgan fingerprint density at radius 3 is 3.00 bits per heavy atom. The molecule has 0 spiro atoms. The Morgan fingerprint density at radius 1 is 1.41 bits per heavy atom. The number of nitrogens with two attached hydrogens (primary N) is 1. The van der Waals surface area contributed by atoms with Gasteiger partial charge in [-0.3, -0.25) is 4.40 Å². The van der Waals surface area contributed by atoms with Crippen molar-refractivity contribution in [2.24, 2.45) is 11.7 Å². The summed E-state index contributed by atoms with van der Waals surface area (Å²) in [5.74, 6) is 0.712. The van der Waals surface area contributed by atoms with Crippen molar-refractivity contribution in [3.63, 3.8) is 0 Å². The minimum atomic E-state index is 0.292. The van der Waals surface area contributed by atoms with E-state index in [0.717, 1.165) is 17.1 Å². The summed E-state index contributed by atoms with van der Waals surface area (Å²) < 4.78 is 2.09. The Balaban J connectivity index is 1.67. The maximum Gasteiger partial charge on any atom is 0.193 e. The van der Waals surface area contributed by atoms with E-state index in [1.165, 1.54) is 32.1 Å². The monoisotopic (exact) mass is 249 g/mol. The number of hydrogen-bond donors (Lipinski definition) is 1. The molecule has 1 aliphatic carbocycles. The van der Waals surface area contributed by atoms with Gasteiger partial charge in [-0.1, -0.05) is 19.3 Å². The molecular formula is C13H19N3S. The van der Waals surface area contributed by atoms with Crippen molar-refractivity contribution in [2.45, 2.75) is 44.6 Å². The average Bonchev–Trinajstić information content (AvgIpc) is 2.90. The zero-order valence-corrected chi connectivity index (χ0v) is 10.8. The van der Waals surface area contributed by atoms with Crippen LogP contribution in [-0.2, 0) is 6.42 Å². The standard InChI is InChI=1S/C13H19N3S/c14-12(10-4-2-1-3-5-10)8-11-9-16-6-7-17-13(16)15-11/h6-7,9-10,12H,1-5,8,14H2. The van der Waals surface area contributed by atoms with Crippen molar-refractivity contribution in [1.29, 1.82) is 0 Å². The van der Waals surface area contributed by atoms with Crippen molar-refractivity contribution in [1.82, 2.24) is 9.38 Å². The van der Waals surface area contributed by atoms with Crippen LogP contribution in [0, 0.1) is 5.92 Å². The van der Waals surface area contributed by atoms with Crippen LogP contribution in [0.15, 0.2) is 17.8 Å². The molecule has 0 aliphatic heterocycles. The number of rotatable bonds is 3. The highest BCUT2D eigenvalue weighted by Crippen LogP contribution is 2.27. The molecule has 2 aromatic rings. The lowest BCUT2D eigenvalue weighted by Gasteiger charge is -2.26. The van der Waals surface area contributed by atoms with Gasteiger partial charge in [-0.05, 0) is 18.8 Å². The Morgan fingerprint density at radius 2 is 2.24 bits per heavy atom. The number of aromatic nitrogens is 2. The van der Waals surface area contributed by atoms with Crippen LogP contribution in [0.25, 0.3) is 4.96 Å². The highest BCUT2D eigenvalue weighted by atomic mass is 32.1. The fraction of sp³-hybridized carbons (Fsp3) is 0.615. The van der Waals surface area contributed by atoms with Gasteiger partial charge in [-0.25, -0.2) is 4.98 Å². The molecule has 1 aliphatic rings. The van der Waals surface area contributed by atoms with Crippen LogP contribution in [0.2, 0.25) is 0 Å². The molecule has 0 amide bonds. The van der Waals surface area contributed by atoms with E-state index >= 15 is 0 Å². The van der Waals surface area contributed by atoms with E-state index in [0.29, 0.717) is 12.0 Å². The van der Waals surface area contributed by atoms with E-state index in [-0.39, 0.29) is 0 Å². The molecule has 17 heavy (non-hydrogen) atoms. The Hall–Kier alpha value is -0.870. The maximum absolute atomic E-state index is 6.33. The number of nitrogens with zero attached hydrogens (tertiary/aromatic N) is 2. The van der Waals surface area contributed by atoms with Crippen LogP contribution in [0.1, 0.15) is 37.8 Å². The predicted octanol–water partition coefficient (Wildman–Crippen LogP) is 2.85. The first-order chi connectivity index (χ1) is 8.33. The summed E-state index contributed by atoms with van der Waals surface area (Å²) in [6, 6.07) is 0.292. The maximum atomic E-state index is 6.33. The molecular weight excluding hydrogens is 230 g/mol. The van der Waals surface area contributed by atoms with Crippen LogP contribution in [0.5, 0.6) is 0 Å². The van der Waals surface area contributed by atoms with Gasteiger partial charge in [0.1, 0.15) is 0 Å². The molecule has 1 fully saturated rings. The summed E-state index contributed by atoms with van der Waals surface area (Å²) in [5.41, 5.74) is 7.47. The van der Waals surface area contributed by atoms with Gasteiger partial charge in [-0.2, -0.15) is 0 Å². The van der Waals surface area contributed by atoms with Crippen LogP contribution >= 0.6 is 11.3 Å². The number of imidazole rings is 1. The molecule has 0 saturated heterocycles. The van der Waals surface area contributed by atoms with E-state index in [9.17, 15) is 0 Å². The Kier molecular flexibility index (Phi) is 3.16. The summed E-state index contributed by atoms with van der Waals surface area (Å²) in [7, 11) is 0. The van der Waals surface area contributed by atoms with E-state index < -0.39 is 0 Å². The van der Waals surface area contributed by atoms with Gasteiger partial charge in [0, 0.05) is 30.2 Å². The zero-order valence-electron chi connectivity index (χ0n) is 10.0. The second kappa shape index (κ2) is 4.78. The summed E-state index contributed by atoms with van der Waals surface area (Å²) >= 11 is 1.68. The van der Waals surface area contributed by atoms with E-state index in [4.69, 9.17) is 5.73 Å². The quantitative estimate of drug-likeness (QED) is 0.909. The zero-order chi connectivity index (χ0) is 11.7. The van der Waals surface area contributed by atoms with Crippen LogP contribution in [0.4, 0.5) is 0 Å². The van der Waals surface area contributed by atoms with Crippen molar-refractivity contribution >= 4 is 16.3 Å². The minimum Gasteiger partial charge on any atom is -0.327 e. The predicted molar refractivity (Wildman–Crippen MR) is 71.3 cm³/mol. The van der Waals surface area contributed by atoms with Gasteiger partial charge in [0.05, 0.1) is 5.69 Å². The topological polar surface area (TPSA) is 43.3 Å². The molecule has 1 unspecified atom stereocenters. The molecule has 1 saturated carbocycles. The van der Waals surface area contributed by atoms with E-state index in [2.05, 4.69) is 27.2 Å². The fourth-order valence-electron chi connectivity index (χ4n) is 2.84. The molecule has 3 rings (SSSR count). The third-order valence-electron chi connectivity index (χ3n) is 3.84. The molecule has 2 heterocycles. The number of hydrogen-bond acceptors (Lipinski definition) is 3. The van der Waals surface area contributed by atoms with Crippen LogP contribution in [0.3, 0.4) is 0 Å². The molecule has 3 nitrogen and oxygen atoms in total.